The molecule has 0 aromatic carbocycles. The lowest BCUT2D eigenvalue weighted by molar-refractivity contribution is 0.0917. The summed E-state index contributed by atoms with van der Waals surface area (Å²) in [5.74, 6) is 0.120. The van der Waals surface area contributed by atoms with E-state index in [1.54, 1.807) is 35.7 Å². The summed E-state index contributed by atoms with van der Waals surface area (Å²) in [7, 11) is 0. The van der Waals surface area contributed by atoms with Crippen molar-refractivity contribution in [2.24, 2.45) is 5.92 Å². The molecule has 0 saturated carbocycles. The summed E-state index contributed by atoms with van der Waals surface area (Å²) in [4.78, 5) is 17.8. The van der Waals surface area contributed by atoms with E-state index in [1.165, 1.54) is 0 Å². The molecule has 2 rings (SSSR count). The van der Waals surface area contributed by atoms with Crippen LogP contribution >= 0.6 is 15.9 Å². The number of carbonyl (C=O) groups is 1. The maximum absolute atomic E-state index is 12.2. The van der Waals surface area contributed by atoms with Crippen LogP contribution in [0.1, 0.15) is 24.2 Å². The van der Waals surface area contributed by atoms with E-state index in [1.807, 2.05) is 13.8 Å². The second-order valence-electron chi connectivity index (χ2n) is 4.80. The first-order chi connectivity index (χ1) is 9.56. The van der Waals surface area contributed by atoms with Crippen LogP contribution in [-0.2, 0) is 6.54 Å². The zero-order chi connectivity index (χ0) is 14.5. The van der Waals surface area contributed by atoms with Crippen LogP contribution in [-0.4, -0.2) is 31.9 Å². The van der Waals surface area contributed by atoms with E-state index in [0.29, 0.717) is 12.1 Å². The molecule has 1 N–H and O–H groups in total. The van der Waals surface area contributed by atoms with Gasteiger partial charge in [-0.1, -0.05) is 13.8 Å². The third kappa shape index (κ3) is 3.86. The third-order valence-electron chi connectivity index (χ3n) is 2.91. The second-order valence-corrected chi connectivity index (χ2v) is 5.72. The summed E-state index contributed by atoms with van der Waals surface area (Å²) >= 11 is 3.31. The van der Waals surface area contributed by atoms with Gasteiger partial charge in [-0.15, -0.1) is 0 Å². The van der Waals surface area contributed by atoms with Gasteiger partial charge in [0.05, 0.1) is 30.5 Å². The van der Waals surface area contributed by atoms with E-state index >= 15 is 0 Å². The van der Waals surface area contributed by atoms with Gasteiger partial charge in [-0.2, -0.15) is 15.0 Å². The smallest absolute Gasteiger partial charge is 0.253 e. The van der Waals surface area contributed by atoms with Gasteiger partial charge in [0.25, 0.3) is 5.91 Å². The SMILES string of the molecule is CC(C)C(Cn1nccn1)NC(=O)c1cncc(Br)c1. The first-order valence-corrected chi connectivity index (χ1v) is 7.11. The van der Waals surface area contributed by atoms with Crippen LogP contribution in [0, 0.1) is 5.92 Å². The van der Waals surface area contributed by atoms with Gasteiger partial charge in [0.15, 0.2) is 0 Å². The van der Waals surface area contributed by atoms with Crippen molar-refractivity contribution >= 4 is 21.8 Å². The molecule has 0 aliphatic carbocycles. The molecule has 0 bridgehead atoms. The van der Waals surface area contributed by atoms with Crippen molar-refractivity contribution in [3.63, 3.8) is 0 Å². The Morgan fingerprint density at radius 3 is 2.65 bits per heavy atom. The number of pyridine rings is 1. The molecular formula is C13H16BrN5O. The second kappa shape index (κ2) is 6.60. The minimum Gasteiger partial charge on any atom is -0.347 e. The van der Waals surface area contributed by atoms with E-state index < -0.39 is 0 Å². The van der Waals surface area contributed by atoms with Gasteiger partial charge in [0, 0.05) is 16.9 Å². The molecule has 0 aliphatic rings. The lowest BCUT2D eigenvalue weighted by Crippen LogP contribution is -2.42. The predicted octanol–water partition coefficient (Wildman–Crippen LogP) is 1.89. The number of nitrogens with one attached hydrogen (secondary N) is 1. The van der Waals surface area contributed by atoms with Crippen LogP contribution in [0.15, 0.2) is 35.3 Å². The van der Waals surface area contributed by atoms with Crippen molar-refractivity contribution in [3.8, 4) is 0 Å². The lowest BCUT2D eigenvalue weighted by atomic mass is 10.0. The van der Waals surface area contributed by atoms with Gasteiger partial charge in [-0.3, -0.25) is 9.78 Å². The average molecular weight is 338 g/mol. The van der Waals surface area contributed by atoms with Crippen molar-refractivity contribution in [2.45, 2.75) is 26.4 Å². The summed E-state index contributed by atoms with van der Waals surface area (Å²) < 4.78 is 0.778. The van der Waals surface area contributed by atoms with Gasteiger partial charge in [0.2, 0.25) is 0 Å². The molecule has 2 aromatic heterocycles. The standard InChI is InChI=1S/C13H16BrN5O/c1-9(2)12(8-19-16-3-4-17-19)18-13(20)10-5-11(14)7-15-6-10/h3-7,9,12H,8H2,1-2H3,(H,18,20). The molecule has 0 aliphatic heterocycles. The number of aromatic nitrogens is 4. The predicted molar refractivity (Wildman–Crippen MR) is 78.1 cm³/mol. The number of hydrogen-bond donors (Lipinski definition) is 1. The highest BCUT2D eigenvalue weighted by Gasteiger charge is 2.18. The zero-order valence-electron chi connectivity index (χ0n) is 11.3. The van der Waals surface area contributed by atoms with Crippen LogP contribution in [0.2, 0.25) is 0 Å². The van der Waals surface area contributed by atoms with E-state index in [2.05, 4.69) is 36.4 Å². The largest absolute Gasteiger partial charge is 0.347 e. The molecule has 2 heterocycles. The summed E-state index contributed by atoms with van der Waals surface area (Å²) in [6, 6.07) is 1.69. The Labute approximate surface area is 125 Å². The van der Waals surface area contributed by atoms with Crippen molar-refractivity contribution in [1.29, 1.82) is 0 Å². The van der Waals surface area contributed by atoms with Crippen LogP contribution in [0.5, 0.6) is 0 Å². The molecule has 0 fully saturated rings. The minimum atomic E-state index is -0.148. The fraction of sp³-hybridized carbons (Fsp3) is 0.385. The fourth-order valence-corrected chi connectivity index (χ4v) is 2.09. The van der Waals surface area contributed by atoms with Gasteiger partial charge >= 0.3 is 0 Å². The Morgan fingerprint density at radius 1 is 1.35 bits per heavy atom. The molecule has 6 nitrogen and oxygen atoms in total. The molecule has 7 heteroatoms. The van der Waals surface area contributed by atoms with Crippen molar-refractivity contribution in [3.05, 3.63) is 40.9 Å². The number of halogens is 1. The molecule has 2 aromatic rings. The maximum atomic E-state index is 12.2. The summed E-state index contributed by atoms with van der Waals surface area (Å²) in [5.41, 5.74) is 0.526. The molecule has 1 amide bonds. The highest BCUT2D eigenvalue weighted by Crippen LogP contribution is 2.11. The molecule has 1 unspecified atom stereocenters. The molecule has 0 saturated heterocycles. The number of rotatable bonds is 5. The van der Waals surface area contributed by atoms with Crippen LogP contribution in [0.3, 0.4) is 0 Å². The number of carbonyl (C=O) groups excluding carboxylic acids is 1. The highest BCUT2D eigenvalue weighted by molar-refractivity contribution is 9.10. The first kappa shape index (κ1) is 14.6. The molecule has 106 valence electrons. The van der Waals surface area contributed by atoms with E-state index in [-0.39, 0.29) is 17.9 Å². The van der Waals surface area contributed by atoms with E-state index in [0.717, 1.165) is 4.47 Å². The normalized spacial score (nSPS) is 12.4. The number of amides is 1. The van der Waals surface area contributed by atoms with Crippen molar-refractivity contribution in [1.82, 2.24) is 25.3 Å². The monoisotopic (exact) mass is 337 g/mol. The fourth-order valence-electron chi connectivity index (χ4n) is 1.72. The molecular weight excluding hydrogens is 322 g/mol. The van der Waals surface area contributed by atoms with Gasteiger partial charge in [-0.25, -0.2) is 0 Å². The molecule has 0 radical (unpaired) electrons. The molecule has 0 spiro atoms. The number of hydrogen-bond acceptors (Lipinski definition) is 4. The summed E-state index contributed by atoms with van der Waals surface area (Å²) in [5, 5.41) is 11.1. The van der Waals surface area contributed by atoms with Crippen LogP contribution in [0.25, 0.3) is 0 Å². The van der Waals surface area contributed by atoms with E-state index in [9.17, 15) is 4.79 Å². The van der Waals surface area contributed by atoms with Crippen LogP contribution in [0.4, 0.5) is 0 Å². The summed E-state index contributed by atoms with van der Waals surface area (Å²) in [6.45, 7) is 4.64. The Bertz CT molecular complexity index is 570. The van der Waals surface area contributed by atoms with Crippen molar-refractivity contribution < 1.29 is 4.79 Å². The Hall–Kier alpha value is -1.76. The van der Waals surface area contributed by atoms with Crippen molar-refractivity contribution in [2.75, 3.05) is 0 Å². The average Bonchev–Trinajstić information content (AvgIpc) is 2.90. The van der Waals surface area contributed by atoms with Crippen LogP contribution < -0.4 is 5.32 Å². The zero-order valence-corrected chi connectivity index (χ0v) is 12.9. The maximum Gasteiger partial charge on any atom is 0.253 e. The summed E-state index contributed by atoms with van der Waals surface area (Å²) in [6.07, 6.45) is 6.43. The van der Waals surface area contributed by atoms with E-state index in [4.69, 9.17) is 0 Å². The topological polar surface area (TPSA) is 72.7 Å². The lowest BCUT2D eigenvalue weighted by Gasteiger charge is -2.21. The van der Waals surface area contributed by atoms with Gasteiger partial charge in [-0.05, 0) is 27.9 Å². The third-order valence-corrected chi connectivity index (χ3v) is 3.35. The minimum absolute atomic E-state index is 0.0473. The van der Waals surface area contributed by atoms with Gasteiger partial charge < -0.3 is 5.32 Å². The quantitative estimate of drug-likeness (QED) is 0.904. The Morgan fingerprint density at radius 2 is 2.05 bits per heavy atom. The Balaban J connectivity index is 2.06. The molecule has 20 heavy (non-hydrogen) atoms. The number of nitrogens with zero attached hydrogens (tertiary/aromatic N) is 4. The molecule has 1 atom stereocenters. The van der Waals surface area contributed by atoms with Gasteiger partial charge in [0.1, 0.15) is 0 Å². The highest BCUT2D eigenvalue weighted by atomic mass is 79.9. The first-order valence-electron chi connectivity index (χ1n) is 6.32. The Kier molecular flexibility index (Phi) is 4.84.